The molecule has 0 spiro atoms. The van der Waals surface area contributed by atoms with Gasteiger partial charge >= 0.3 is 0 Å². The van der Waals surface area contributed by atoms with E-state index in [0.29, 0.717) is 17.9 Å². The van der Waals surface area contributed by atoms with E-state index in [1.165, 1.54) is 18.4 Å². The number of aromatic nitrogens is 1. The Morgan fingerprint density at radius 2 is 1.88 bits per heavy atom. The van der Waals surface area contributed by atoms with Crippen LogP contribution < -0.4 is 4.74 Å². The molecule has 1 aliphatic carbocycles. The van der Waals surface area contributed by atoms with E-state index in [1.54, 1.807) is 0 Å². The zero-order valence-electron chi connectivity index (χ0n) is 10.7. The standard InChI is InChI=1S/C14H21NO/c1-9(2)12-8-15-13(10(3)4)7-14(12)16-11-5-6-11/h7-11H,5-6H2,1-4H3. The van der Waals surface area contributed by atoms with E-state index in [-0.39, 0.29) is 0 Å². The van der Waals surface area contributed by atoms with Crippen LogP contribution in [0.1, 0.15) is 63.6 Å². The molecule has 1 aromatic heterocycles. The smallest absolute Gasteiger partial charge is 0.126 e. The summed E-state index contributed by atoms with van der Waals surface area (Å²) in [6.45, 7) is 8.70. The summed E-state index contributed by atoms with van der Waals surface area (Å²) in [4.78, 5) is 4.51. The van der Waals surface area contributed by atoms with Gasteiger partial charge in [0.25, 0.3) is 0 Å². The molecule has 0 atom stereocenters. The van der Waals surface area contributed by atoms with Gasteiger partial charge in [0.2, 0.25) is 0 Å². The predicted molar refractivity (Wildman–Crippen MR) is 66.1 cm³/mol. The first-order chi connectivity index (χ1) is 7.58. The lowest BCUT2D eigenvalue weighted by atomic mass is 10.0. The molecule has 2 rings (SSSR count). The average molecular weight is 219 g/mol. The maximum Gasteiger partial charge on any atom is 0.126 e. The Balaban J connectivity index is 2.29. The van der Waals surface area contributed by atoms with E-state index in [2.05, 4.69) is 38.7 Å². The Hall–Kier alpha value is -1.05. The lowest BCUT2D eigenvalue weighted by Gasteiger charge is -2.15. The van der Waals surface area contributed by atoms with E-state index in [9.17, 15) is 0 Å². The molecule has 0 N–H and O–H groups in total. The van der Waals surface area contributed by atoms with Crippen molar-refractivity contribution in [3.63, 3.8) is 0 Å². The minimum Gasteiger partial charge on any atom is -0.490 e. The number of nitrogens with zero attached hydrogens (tertiary/aromatic N) is 1. The molecule has 1 aliphatic rings. The molecule has 0 bridgehead atoms. The van der Waals surface area contributed by atoms with E-state index >= 15 is 0 Å². The molecule has 2 heteroatoms. The van der Waals surface area contributed by atoms with Gasteiger partial charge in [0.15, 0.2) is 0 Å². The van der Waals surface area contributed by atoms with Gasteiger partial charge in [-0.1, -0.05) is 27.7 Å². The predicted octanol–water partition coefficient (Wildman–Crippen LogP) is 3.87. The largest absolute Gasteiger partial charge is 0.490 e. The topological polar surface area (TPSA) is 22.1 Å². The Kier molecular flexibility index (Phi) is 3.17. The van der Waals surface area contributed by atoms with E-state index in [4.69, 9.17) is 4.74 Å². The molecule has 1 aromatic rings. The van der Waals surface area contributed by atoms with Crippen LogP contribution in [0.4, 0.5) is 0 Å². The number of hydrogen-bond acceptors (Lipinski definition) is 2. The third kappa shape index (κ3) is 2.55. The molecule has 1 heterocycles. The molecule has 88 valence electrons. The lowest BCUT2D eigenvalue weighted by Crippen LogP contribution is -2.04. The molecule has 1 saturated carbocycles. The van der Waals surface area contributed by atoms with Crippen molar-refractivity contribution >= 4 is 0 Å². The highest BCUT2D eigenvalue weighted by molar-refractivity contribution is 5.36. The van der Waals surface area contributed by atoms with Gasteiger partial charge in [-0.2, -0.15) is 0 Å². The van der Waals surface area contributed by atoms with Gasteiger partial charge in [-0.05, 0) is 24.7 Å². The molecule has 2 nitrogen and oxygen atoms in total. The van der Waals surface area contributed by atoms with Crippen molar-refractivity contribution in [2.75, 3.05) is 0 Å². The minimum atomic E-state index is 0.458. The number of rotatable bonds is 4. The SMILES string of the molecule is CC(C)c1cc(OC2CC2)c(C(C)C)cn1. The van der Waals surface area contributed by atoms with Gasteiger partial charge in [-0.15, -0.1) is 0 Å². The molecule has 0 aromatic carbocycles. The number of pyridine rings is 1. The second-order valence-electron chi connectivity index (χ2n) is 5.27. The molecule has 0 amide bonds. The third-order valence-corrected chi connectivity index (χ3v) is 2.95. The lowest BCUT2D eigenvalue weighted by molar-refractivity contribution is 0.298. The highest BCUT2D eigenvalue weighted by Gasteiger charge is 2.25. The second-order valence-corrected chi connectivity index (χ2v) is 5.27. The molecule has 0 unspecified atom stereocenters. The molecule has 0 radical (unpaired) electrons. The summed E-state index contributed by atoms with van der Waals surface area (Å²) in [5, 5.41) is 0. The van der Waals surface area contributed by atoms with Crippen LogP contribution in [-0.4, -0.2) is 11.1 Å². The van der Waals surface area contributed by atoms with Crippen LogP contribution in [0, 0.1) is 0 Å². The van der Waals surface area contributed by atoms with Crippen LogP contribution in [0.5, 0.6) is 5.75 Å². The van der Waals surface area contributed by atoms with Crippen LogP contribution in [-0.2, 0) is 0 Å². The Labute approximate surface area is 98.0 Å². The Bertz CT molecular complexity index is 367. The quantitative estimate of drug-likeness (QED) is 0.767. The summed E-state index contributed by atoms with van der Waals surface area (Å²) in [6.07, 6.45) is 4.85. The maximum absolute atomic E-state index is 5.97. The molecule has 16 heavy (non-hydrogen) atoms. The fraction of sp³-hybridized carbons (Fsp3) is 0.643. The summed E-state index contributed by atoms with van der Waals surface area (Å²) in [7, 11) is 0. The van der Waals surface area contributed by atoms with Crippen LogP contribution in [0.2, 0.25) is 0 Å². The van der Waals surface area contributed by atoms with Crippen LogP contribution in [0.25, 0.3) is 0 Å². The van der Waals surface area contributed by atoms with Crippen molar-refractivity contribution in [2.24, 2.45) is 0 Å². The second kappa shape index (κ2) is 4.44. The fourth-order valence-electron chi connectivity index (χ4n) is 1.68. The monoisotopic (exact) mass is 219 g/mol. The third-order valence-electron chi connectivity index (χ3n) is 2.95. The van der Waals surface area contributed by atoms with Crippen molar-refractivity contribution < 1.29 is 4.74 Å². The highest BCUT2D eigenvalue weighted by atomic mass is 16.5. The first-order valence-electron chi connectivity index (χ1n) is 6.24. The van der Waals surface area contributed by atoms with Crippen LogP contribution in [0.15, 0.2) is 12.3 Å². The summed E-state index contributed by atoms with van der Waals surface area (Å²) in [5.41, 5.74) is 2.36. The van der Waals surface area contributed by atoms with Crippen LogP contribution in [0.3, 0.4) is 0 Å². The van der Waals surface area contributed by atoms with E-state index < -0.39 is 0 Å². The Morgan fingerprint density at radius 3 is 2.38 bits per heavy atom. The van der Waals surface area contributed by atoms with E-state index in [1.807, 2.05) is 6.20 Å². The van der Waals surface area contributed by atoms with Gasteiger partial charge in [0, 0.05) is 23.5 Å². The molecular weight excluding hydrogens is 198 g/mol. The van der Waals surface area contributed by atoms with Crippen LogP contribution >= 0.6 is 0 Å². The summed E-state index contributed by atoms with van der Waals surface area (Å²) < 4.78 is 5.97. The summed E-state index contributed by atoms with van der Waals surface area (Å²) in [5.74, 6) is 1.99. The van der Waals surface area contributed by atoms with E-state index in [0.717, 1.165) is 11.4 Å². The first-order valence-corrected chi connectivity index (χ1v) is 6.24. The number of ether oxygens (including phenoxy) is 1. The van der Waals surface area contributed by atoms with Crippen molar-refractivity contribution in [1.82, 2.24) is 4.98 Å². The molecular formula is C14H21NO. The molecule has 0 saturated heterocycles. The van der Waals surface area contributed by atoms with Crippen molar-refractivity contribution in [3.8, 4) is 5.75 Å². The van der Waals surface area contributed by atoms with Gasteiger partial charge in [-0.3, -0.25) is 4.98 Å². The van der Waals surface area contributed by atoms with Gasteiger partial charge in [-0.25, -0.2) is 0 Å². The zero-order valence-corrected chi connectivity index (χ0v) is 10.7. The highest BCUT2D eigenvalue weighted by Crippen LogP contribution is 2.33. The van der Waals surface area contributed by atoms with Crippen molar-refractivity contribution in [2.45, 2.75) is 58.5 Å². The molecule has 0 aliphatic heterocycles. The van der Waals surface area contributed by atoms with Gasteiger partial charge in [0.1, 0.15) is 5.75 Å². The maximum atomic E-state index is 5.97. The average Bonchev–Trinajstić information content (AvgIpc) is 3.01. The number of hydrogen-bond donors (Lipinski definition) is 0. The fourth-order valence-corrected chi connectivity index (χ4v) is 1.68. The minimum absolute atomic E-state index is 0.458. The first kappa shape index (κ1) is 11.4. The zero-order chi connectivity index (χ0) is 11.7. The van der Waals surface area contributed by atoms with Gasteiger partial charge in [0.05, 0.1) is 6.10 Å². The summed E-state index contributed by atoms with van der Waals surface area (Å²) >= 11 is 0. The molecule has 1 fully saturated rings. The summed E-state index contributed by atoms with van der Waals surface area (Å²) in [6, 6.07) is 2.12. The Morgan fingerprint density at radius 1 is 1.19 bits per heavy atom. The normalized spacial score (nSPS) is 15.9. The van der Waals surface area contributed by atoms with Crippen molar-refractivity contribution in [1.29, 1.82) is 0 Å². The van der Waals surface area contributed by atoms with Crippen molar-refractivity contribution in [3.05, 3.63) is 23.5 Å². The van der Waals surface area contributed by atoms with Gasteiger partial charge < -0.3 is 4.74 Å².